The first-order valence-electron chi connectivity index (χ1n) is 7.51. The van der Waals surface area contributed by atoms with E-state index in [1.54, 1.807) is 0 Å². The van der Waals surface area contributed by atoms with Crippen LogP contribution < -0.4 is 10.0 Å². The van der Waals surface area contributed by atoms with Crippen molar-refractivity contribution in [3.8, 4) is 0 Å². The zero-order valence-corrected chi connectivity index (χ0v) is 14.8. The van der Waals surface area contributed by atoms with Crippen LogP contribution in [0.3, 0.4) is 0 Å². The summed E-state index contributed by atoms with van der Waals surface area (Å²) in [7, 11) is -4.04. The molecule has 2 fully saturated rings. The highest BCUT2D eigenvalue weighted by Crippen LogP contribution is 2.20. The van der Waals surface area contributed by atoms with E-state index < -0.39 is 40.4 Å². The fourth-order valence-electron chi connectivity index (χ4n) is 2.62. The van der Waals surface area contributed by atoms with E-state index in [1.807, 2.05) is 0 Å². The Labute approximate surface area is 153 Å². The number of carbonyl (C=O) groups is 3. The van der Waals surface area contributed by atoms with Crippen molar-refractivity contribution in [2.24, 2.45) is 0 Å². The second-order valence-electron chi connectivity index (χ2n) is 5.78. The number of rotatable bonds is 5. The number of nitrogens with one attached hydrogen (secondary N) is 2. The van der Waals surface area contributed by atoms with Crippen LogP contribution in [0.15, 0.2) is 23.1 Å². The SMILES string of the molecule is O=C(CNS(=O)(=O)c1ccc(F)c(Cl)c1)N1CC(N2C(=O)CNC2=O)C1. The van der Waals surface area contributed by atoms with Gasteiger partial charge < -0.3 is 10.2 Å². The zero-order chi connectivity index (χ0) is 19.1. The van der Waals surface area contributed by atoms with E-state index in [9.17, 15) is 27.2 Å². The monoisotopic (exact) mass is 404 g/mol. The van der Waals surface area contributed by atoms with Crippen molar-refractivity contribution < 1.29 is 27.2 Å². The highest BCUT2D eigenvalue weighted by atomic mass is 35.5. The molecule has 2 aliphatic rings. The molecule has 4 amide bonds. The second-order valence-corrected chi connectivity index (χ2v) is 7.95. The second kappa shape index (κ2) is 6.82. The number of benzene rings is 1. The zero-order valence-electron chi connectivity index (χ0n) is 13.2. The van der Waals surface area contributed by atoms with E-state index in [-0.39, 0.29) is 35.5 Å². The molecule has 0 radical (unpaired) electrons. The van der Waals surface area contributed by atoms with Gasteiger partial charge in [-0.2, -0.15) is 0 Å². The number of carbonyl (C=O) groups excluding carboxylic acids is 3. The van der Waals surface area contributed by atoms with Crippen molar-refractivity contribution >= 4 is 39.5 Å². The minimum absolute atomic E-state index is 0.0662. The Morgan fingerprint density at radius 2 is 2.04 bits per heavy atom. The minimum Gasteiger partial charge on any atom is -0.337 e. The predicted molar refractivity (Wildman–Crippen MR) is 87.2 cm³/mol. The molecule has 2 aliphatic heterocycles. The lowest BCUT2D eigenvalue weighted by Crippen LogP contribution is -2.63. The molecule has 0 saturated carbocycles. The maximum Gasteiger partial charge on any atom is 0.324 e. The van der Waals surface area contributed by atoms with Crippen molar-refractivity contribution in [1.82, 2.24) is 19.8 Å². The fraction of sp³-hybridized carbons (Fsp3) is 0.357. The Kier molecular flexibility index (Phi) is 4.86. The Morgan fingerprint density at radius 3 is 2.62 bits per heavy atom. The van der Waals surface area contributed by atoms with Gasteiger partial charge in [0.25, 0.3) is 0 Å². The molecule has 2 heterocycles. The van der Waals surface area contributed by atoms with Crippen molar-refractivity contribution in [1.29, 1.82) is 0 Å². The summed E-state index contributed by atoms with van der Waals surface area (Å²) in [6.07, 6.45) is 0. The highest BCUT2D eigenvalue weighted by Gasteiger charge is 2.42. The molecule has 0 bridgehead atoms. The van der Waals surface area contributed by atoms with Crippen molar-refractivity contribution in [3.63, 3.8) is 0 Å². The van der Waals surface area contributed by atoms with Crippen LogP contribution in [0.25, 0.3) is 0 Å². The van der Waals surface area contributed by atoms with Gasteiger partial charge in [-0.05, 0) is 18.2 Å². The number of likely N-dealkylation sites (tertiary alicyclic amines) is 1. The molecule has 0 atom stereocenters. The molecule has 0 aromatic heterocycles. The lowest BCUT2D eigenvalue weighted by Gasteiger charge is -2.42. The van der Waals surface area contributed by atoms with Gasteiger partial charge >= 0.3 is 6.03 Å². The van der Waals surface area contributed by atoms with Crippen LogP contribution >= 0.6 is 11.6 Å². The van der Waals surface area contributed by atoms with Crippen LogP contribution in [0.2, 0.25) is 5.02 Å². The molecule has 0 aliphatic carbocycles. The molecule has 26 heavy (non-hydrogen) atoms. The first-order valence-corrected chi connectivity index (χ1v) is 9.37. The van der Waals surface area contributed by atoms with Crippen LogP contribution in [0, 0.1) is 5.82 Å². The highest BCUT2D eigenvalue weighted by molar-refractivity contribution is 7.89. The van der Waals surface area contributed by atoms with Gasteiger partial charge in [0, 0.05) is 13.1 Å². The molecule has 1 aromatic rings. The number of halogens is 2. The summed E-state index contributed by atoms with van der Waals surface area (Å²) < 4.78 is 39.5. The molecule has 12 heteroatoms. The number of amides is 4. The Morgan fingerprint density at radius 1 is 1.35 bits per heavy atom. The summed E-state index contributed by atoms with van der Waals surface area (Å²) in [6, 6.07) is 1.98. The predicted octanol–water partition coefficient (Wildman–Crippen LogP) is -0.480. The Hall–Kier alpha value is -2.24. The van der Waals surface area contributed by atoms with Crippen LogP contribution in [-0.4, -0.2) is 68.3 Å². The molecular formula is C14H14ClFN4O5S. The van der Waals surface area contributed by atoms with E-state index in [0.717, 1.165) is 23.1 Å². The van der Waals surface area contributed by atoms with Gasteiger partial charge in [0.15, 0.2) is 0 Å². The quantitative estimate of drug-likeness (QED) is 0.643. The summed E-state index contributed by atoms with van der Waals surface area (Å²) in [5.74, 6) is -1.63. The van der Waals surface area contributed by atoms with Crippen molar-refractivity contribution in [3.05, 3.63) is 29.0 Å². The van der Waals surface area contributed by atoms with E-state index >= 15 is 0 Å². The first-order chi connectivity index (χ1) is 12.2. The van der Waals surface area contributed by atoms with Gasteiger partial charge in [-0.15, -0.1) is 0 Å². The lowest BCUT2D eigenvalue weighted by molar-refractivity contribution is -0.141. The lowest BCUT2D eigenvalue weighted by atomic mass is 10.1. The van der Waals surface area contributed by atoms with E-state index in [4.69, 9.17) is 11.6 Å². The molecule has 9 nitrogen and oxygen atoms in total. The number of nitrogens with zero attached hydrogens (tertiary/aromatic N) is 2. The molecular weight excluding hydrogens is 391 g/mol. The molecule has 1 aromatic carbocycles. The van der Waals surface area contributed by atoms with Crippen molar-refractivity contribution in [2.75, 3.05) is 26.2 Å². The van der Waals surface area contributed by atoms with Crippen LogP contribution in [0.1, 0.15) is 0 Å². The number of imide groups is 1. The Bertz CT molecular complexity index is 871. The number of urea groups is 1. The third kappa shape index (κ3) is 3.50. The minimum atomic E-state index is -4.04. The van der Waals surface area contributed by atoms with Gasteiger partial charge in [0.1, 0.15) is 5.82 Å². The molecule has 2 N–H and O–H groups in total. The molecule has 0 unspecified atom stereocenters. The standard InChI is InChI=1S/C14H14ClFN4O5S/c15-10-3-9(1-2-11(10)16)26(24,25)18-5-12(21)19-6-8(7-19)20-13(22)4-17-14(20)23/h1-3,8,18H,4-7H2,(H,17,23). The van der Waals surface area contributed by atoms with Gasteiger partial charge in [-0.3, -0.25) is 14.5 Å². The van der Waals surface area contributed by atoms with Crippen molar-refractivity contribution in [2.45, 2.75) is 10.9 Å². The molecule has 140 valence electrons. The molecule has 2 saturated heterocycles. The summed E-state index contributed by atoms with van der Waals surface area (Å²) in [5.41, 5.74) is 0. The van der Waals surface area contributed by atoms with E-state index in [1.165, 1.54) is 4.90 Å². The van der Waals surface area contributed by atoms with Gasteiger partial charge in [-0.25, -0.2) is 22.3 Å². The normalized spacial score (nSPS) is 18.1. The smallest absolute Gasteiger partial charge is 0.324 e. The summed E-state index contributed by atoms with van der Waals surface area (Å²) in [5, 5.41) is 2.04. The molecule has 0 spiro atoms. The topological polar surface area (TPSA) is 116 Å². The average Bonchev–Trinajstić information content (AvgIpc) is 2.86. The fourth-order valence-corrected chi connectivity index (χ4v) is 3.87. The Balaban J connectivity index is 1.54. The van der Waals surface area contributed by atoms with E-state index in [2.05, 4.69) is 10.0 Å². The maximum atomic E-state index is 13.1. The summed E-state index contributed by atoms with van der Waals surface area (Å²) in [6.45, 7) is -0.294. The van der Waals surface area contributed by atoms with Gasteiger partial charge in [0.05, 0.1) is 29.0 Å². The van der Waals surface area contributed by atoms with Gasteiger partial charge in [-0.1, -0.05) is 11.6 Å². The largest absolute Gasteiger partial charge is 0.337 e. The third-order valence-electron chi connectivity index (χ3n) is 4.07. The number of sulfonamides is 1. The van der Waals surface area contributed by atoms with Gasteiger partial charge in [0.2, 0.25) is 21.8 Å². The summed E-state index contributed by atoms with van der Waals surface area (Å²) >= 11 is 5.56. The number of hydrogen-bond acceptors (Lipinski definition) is 5. The van der Waals surface area contributed by atoms with Crippen LogP contribution in [0.5, 0.6) is 0 Å². The number of hydrogen-bond donors (Lipinski definition) is 2. The van der Waals surface area contributed by atoms with Crippen LogP contribution in [-0.2, 0) is 19.6 Å². The first kappa shape index (κ1) is 18.5. The molecule has 3 rings (SSSR count). The average molecular weight is 405 g/mol. The third-order valence-corrected chi connectivity index (χ3v) is 5.76. The van der Waals surface area contributed by atoms with Crippen LogP contribution in [0.4, 0.5) is 9.18 Å². The maximum absolute atomic E-state index is 13.1. The van der Waals surface area contributed by atoms with E-state index in [0.29, 0.717) is 0 Å². The summed E-state index contributed by atoms with van der Waals surface area (Å²) in [4.78, 5) is 37.3.